The number of hydrogen-bond acceptors (Lipinski definition) is 6. The van der Waals surface area contributed by atoms with E-state index >= 15 is 0 Å². The highest BCUT2D eigenvalue weighted by Crippen LogP contribution is 2.34. The second-order valence-corrected chi connectivity index (χ2v) is 10.00. The molecule has 1 fully saturated rings. The SMILES string of the molecule is CC(C)C(Nc1ccc(S(=O)(=O)N2CCN(C)CC2)cc1[N+](=O)[O-])c1ccc(F)cc1. The number of anilines is 1. The van der Waals surface area contributed by atoms with Gasteiger partial charge in [0, 0.05) is 32.2 Å². The van der Waals surface area contributed by atoms with E-state index in [0.717, 1.165) is 11.6 Å². The van der Waals surface area contributed by atoms with Crippen molar-refractivity contribution < 1.29 is 17.7 Å². The third kappa shape index (κ3) is 5.20. The number of nitro benzene ring substituents is 1. The van der Waals surface area contributed by atoms with Crippen molar-refractivity contribution in [2.24, 2.45) is 5.92 Å². The summed E-state index contributed by atoms with van der Waals surface area (Å²) in [5.41, 5.74) is 0.674. The summed E-state index contributed by atoms with van der Waals surface area (Å²) in [4.78, 5) is 13.1. The van der Waals surface area contributed by atoms with Crippen molar-refractivity contribution in [3.8, 4) is 0 Å². The number of sulfonamides is 1. The Balaban J connectivity index is 1.93. The lowest BCUT2D eigenvalue weighted by Gasteiger charge is -2.31. The Morgan fingerprint density at radius 2 is 1.68 bits per heavy atom. The fraction of sp³-hybridized carbons (Fsp3) is 0.429. The van der Waals surface area contributed by atoms with Crippen molar-refractivity contribution in [3.05, 3.63) is 64.0 Å². The Kier molecular flexibility index (Phi) is 6.93. The summed E-state index contributed by atoms with van der Waals surface area (Å²) in [6.45, 7) is 5.78. The van der Waals surface area contributed by atoms with Crippen molar-refractivity contribution in [1.82, 2.24) is 9.21 Å². The topological polar surface area (TPSA) is 95.8 Å². The highest BCUT2D eigenvalue weighted by Gasteiger charge is 2.30. The van der Waals surface area contributed by atoms with Crippen LogP contribution in [0.4, 0.5) is 15.8 Å². The van der Waals surface area contributed by atoms with Gasteiger partial charge < -0.3 is 10.2 Å². The molecule has 1 aliphatic rings. The van der Waals surface area contributed by atoms with E-state index in [-0.39, 0.29) is 34.0 Å². The zero-order chi connectivity index (χ0) is 22.8. The molecule has 1 aliphatic heterocycles. The summed E-state index contributed by atoms with van der Waals surface area (Å²) in [7, 11) is -1.91. The van der Waals surface area contributed by atoms with E-state index in [0.29, 0.717) is 26.2 Å². The number of halogens is 1. The van der Waals surface area contributed by atoms with Gasteiger partial charge in [0.2, 0.25) is 10.0 Å². The van der Waals surface area contributed by atoms with Crippen molar-refractivity contribution in [2.45, 2.75) is 24.8 Å². The second kappa shape index (κ2) is 9.29. The molecule has 1 atom stereocenters. The fourth-order valence-corrected chi connectivity index (χ4v) is 5.04. The number of hydrogen-bond donors (Lipinski definition) is 1. The van der Waals surface area contributed by atoms with Gasteiger partial charge in [0.1, 0.15) is 11.5 Å². The summed E-state index contributed by atoms with van der Waals surface area (Å²) in [6.07, 6.45) is 0. The van der Waals surface area contributed by atoms with Crippen LogP contribution in [0.1, 0.15) is 25.5 Å². The lowest BCUT2D eigenvalue weighted by molar-refractivity contribution is -0.384. The van der Waals surface area contributed by atoms with E-state index in [1.54, 1.807) is 12.1 Å². The molecule has 8 nitrogen and oxygen atoms in total. The highest BCUT2D eigenvalue weighted by atomic mass is 32.2. The molecular formula is C21H27FN4O4S. The molecule has 3 rings (SSSR count). The predicted octanol–water partition coefficient (Wildman–Crippen LogP) is 3.48. The van der Waals surface area contributed by atoms with E-state index in [4.69, 9.17) is 0 Å². The summed E-state index contributed by atoms with van der Waals surface area (Å²) in [5, 5.41) is 14.9. The van der Waals surface area contributed by atoms with Gasteiger partial charge in [0.05, 0.1) is 15.9 Å². The number of nitro groups is 1. The average Bonchev–Trinajstić information content (AvgIpc) is 2.72. The van der Waals surface area contributed by atoms with Crippen LogP contribution < -0.4 is 5.32 Å². The third-order valence-electron chi connectivity index (χ3n) is 5.47. The Morgan fingerprint density at radius 1 is 1.06 bits per heavy atom. The molecule has 0 saturated carbocycles. The van der Waals surface area contributed by atoms with Crippen LogP contribution in [0.25, 0.3) is 0 Å². The van der Waals surface area contributed by atoms with Gasteiger partial charge in [-0.3, -0.25) is 10.1 Å². The van der Waals surface area contributed by atoms with E-state index in [9.17, 15) is 22.9 Å². The van der Waals surface area contributed by atoms with E-state index in [2.05, 4.69) is 5.32 Å². The maximum absolute atomic E-state index is 13.3. The fourth-order valence-electron chi connectivity index (χ4n) is 3.60. The molecule has 1 N–H and O–H groups in total. The molecule has 0 aromatic heterocycles. The van der Waals surface area contributed by atoms with Crippen molar-refractivity contribution >= 4 is 21.4 Å². The lowest BCUT2D eigenvalue weighted by Crippen LogP contribution is -2.47. The van der Waals surface area contributed by atoms with Gasteiger partial charge >= 0.3 is 0 Å². The molecule has 0 aliphatic carbocycles. The maximum Gasteiger partial charge on any atom is 0.293 e. The normalized spacial score (nSPS) is 16.9. The minimum Gasteiger partial charge on any atom is -0.372 e. The van der Waals surface area contributed by atoms with Crippen LogP contribution in [0.5, 0.6) is 0 Å². The number of nitrogens with zero attached hydrogens (tertiary/aromatic N) is 3. The molecule has 2 aromatic carbocycles. The Bertz CT molecular complexity index is 1040. The first-order valence-corrected chi connectivity index (χ1v) is 11.5. The summed E-state index contributed by atoms with van der Waals surface area (Å²) in [5.74, 6) is -0.325. The zero-order valence-electron chi connectivity index (χ0n) is 17.8. The molecule has 1 heterocycles. The standard InChI is InChI=1S/C21H27FN4O4S/c1-15(2)21(16-4-6-17(22)7-5-16)23-19-9-8-18(14-20(19)26(27)28)31(29,30)25-12-10-24(3)11-13-25/h4-9,14-15,21,23H,10-13H2,1-3H3. The van der Waals surface area contributed by atoms with Crippen LogP contribution in [0.2, 0.25) is 0 Å². The van der Waals surface area contributed by atoms with Crippen LogP contribution in [0.15, 0.2) is 47.4 Å². The number of benzene rings is 2. The predicted molar refractivity (Wildman–Crippen MR) is 117 cm³/mol. The molecule has 2 aromatic rings. The van der Waals surface area contributed by atoms with E-state index < -0.39 is 14.9 Å². The van der Waals surface area contributed by atoms with Crippen LogP contribution in [-0.4, -0.2) is 55.8 Å². The number of rotatable bonds is 7. The number of likely N-dealkylation sites (N-methyl/N-ethyl adjacent to an activating group) is 1. The molecule has 0 bridgehead atoms. The molecule has 31 heavy (non-hydrogen) atoms. The molecule has 1 saturated heterocycles. The Hall–Kier alpha value is -2.56. The molecular weight excluding hydrogens is 423 g/mol. The molecule has 168 valence electrons. The summed E-state index contributed by atoms with van der Waals surface area (Å²) < 4.78 is 40.6. The van der Waals surface area contributed by atoms with Crippen molar-refractivity contribution in [1.29, 1.82) is 0 Å². The molecule has 0 radical (unpaired) electrons. The monoisotopic (exact) mass is 450 g/mol. The van der Waals surface area contributed by atoms with Crippen LogP contribution in [0.3, 0.4) is 0 Å². The first-order chi connectivity index (χ1) is 14.6. The maximum atomic E-state index is 13.3. The van der Waals surface area contributed by atoms with Crippen LogP contribution in [-0.2, 0) is 10.0 Å². The average molecular weight is 451 g/mol. The quantitative estimate of drug-likeness (QED) is 0.513. The van der Waals surface area contributed by atoms with Gasteiger partial charge in [0.15, 0.2) is 0 Å². The molecule has 0 amide bonds. The van der Waals surface area contributed by atoms with Gasteiger partial charge in [0.25, 0.3) is 5.69 Å². The largest absolute Gasteiger partial charge is 0.372 e. The minimum absolute atomic E-state index is 0.0406. The van der Waals surface area contributed by atoms with Gasteiger partial charge in [-0.05, 0) is 42.8 Å². The number of nitrogens with one attached hydrogen (secondary N) is 1. The smallest absolute Gasteiger partial charge is 0.293 e. The van der Waals surface area contributed by atoms with Gasteiger partial charge in [-0.1, -0.05) is 26.0 Å². The van der Waals surface area contributed by atoms with Gasteiger partial charge in [-0.15, -0.1) is 0 Å². The van der Waals surface area contributed by atoms with Crippen molar-refractivity contribution in [2.75, 3.05) is 38.5 Å². The number of piperazine rings is 1. The summed E-state index contributed by atoms with van der Waals surface area (Å²) in [6, 6.07) is 9.55. The zero-order valence-corrected chi connectivity index (χ0v) is 18.6. The molecule has 10 heteroatoms. The van der Waals surface area contributed by atoms with Gasteiger partial charge in [-0.25, -0.2) is 12.8 Å². The van der Waals surface area contributed by atoms with Crippen LogP contribution in [0, 0.1) is 21.8 Å². The van der Waals surface area contributed by atoms with Gasteiger partial charge in [-0.2, -0.15) is 4.31 Å². The van der Waals surface area contributed by atoms with Crippen molar-refractivity contribution in [3.63, 3.8) is 0 Å². The molecule has 0 spiro atoms. The lowest BCUT2D eigenvalue weighted by atomic mass is 9.95. The van der Waals surface area contributed by atoms with E-state index in [1.165, 1.54) is 28.6 Å². The second-order valence-electron chi connectivity index (χ2n) is 8.06. The van der Waals surface area contributed by atoms with E-state index in [1.807, 2.05) is 25.8 Å². The third-order valence-corrected chi connectivity index (χ3v) is 7.37. The first-order valence-electron chi connectivity index (χ1n) is 10.1. The highest BCUT2D eigenvalue weighted by molar-refractivity contribution is 7.89. The van der Waals surface area contributed by atoms with Crippen LogP contribution >= 0.6 is 0 Å². The Labute approximate surface area is 181 Å². The minimum atomic E-state index is -3.83. The molecule has 1 unspecified atom stereocenters. The first kappa shape index (κ1) is 23.1. The summed E-state index contributed by atoms with van der Waals surface area (Å²) >= 11 is 0. The Morgan fingerprint density at radius 3 is 2.23 bits per heavy atom.